The van der Waals surface area contributed by atoms with E-state index in [1.807, 2.05) is 0 Å². The fraction of sp³-hybridized carbons (Fsp3) is 0.182. The summed E-state index contributed by atoms with van der Waals surface area (Å²) in [5, 5.41) is 0.305. The third-order valence-corrected chi connectivity index (χ3v) is 2.33. The molecule has 0 atom stereocenters. The zero-order valence-electron chi connectivity index (χ0n) is 8.83. The van der Waals surface area contributed by atoms with Gasteiger partial charge in [-0.25, -0.2) is 9.18 Å². The molecule has 0 aliphatic rings. The van der Waals surface area contributed by atoms with Crippen molar-refractivity contribution in [1.82, 2.24) is 4.98 Å². The number of ether oxygens (including phenoxy) is 2. The van der Waals surface area contributed by atoms with E-state index in [1.165, 1.54) is 26.4 Å². The van der Waals surface area contributed by atoms with Gasteiger partial charge in [0.25, 0.3) is 0 Å². The molecule has 1 heterocycles. The highest BCUT2D eigenvalue weighted by Gasteiger charge is 2.14. The number of aromatic nitrogens is 1. The number of methoxy groups -OCH3 is 2. The second kappa shape index (κ2) is 3.84. The topological polar surface area (TPSA) is 51.3 Å². The van der Waals surface area contributed by atoms with Crippen molar-refractivity contribution < 1.29 is 18.7 Å². The second-order valence-corrected chi connectivity index (χ2v) is 3.22. The molecule has 1 N–H and O–H groups in total. The Hall–Kier alpha value is -2.04. The maximum atomic E-state index is 13.8. The number of benzene rings is 1. The highest BCUT2D eigenvalue weighted by atomic mass is 19.1. The van der Waals surface area contributed by atoms with Gasteiger partial charge in [0.05, 0.1) is 14.2 Å². The predicted molar refractivity (Wildman–Crippen MR) is 56.1 cm³/mol. The maximum absolute atomic E-state index is 13.8. The molecule has 0 fully saturated rings. The van der Waals surface area contributed by atoms with Crippen molar-refractivity contribution in [3.63, 3.8) is 0 Å². The summed E-state index contributed by atoms with van der Waals surface area (Å²) in [6.07, 6.45) is 0. The summed E-state index contributed by atoms with van der Waals surface area (Å²) in [6.45, 7) is 0. The molecule has 0 aliphatic carbocycles. The van der Waals surface area contributed by atoms with Gasteiger partial charge in [-0.15, -0.1) is 0 Å². The molecule has 2 aromatic rings. The molecular formula is C11H10FNO3. The standard InChI is InChI=1S/C11H10FNO3/c1-15-9-4-3-7-6(10(9)12)5-8(13-7)11(14)16-2/h3-5,13H,1-2H3. The number of nitrogens with one attached hydrogen (secondary N) is 1. The number of rotatable bonds is 2. The lowest BCUT2D eigenvalue weighted by Gasteiger charge is -2.00. The van der Waals surface area contributed by atoms with E-state index in [0.29, 0.717) is 10.9 Å². The molecule has 5 heteroatoms. The van der Waals surface area contributed by atoms with Gasteiger partial charge in [0.1, 0.15) is 5.69 Å². The first-order valence-corrected chi connectivity index (χ1v) is 4.61. The first-order chi connectivity index (χ1) is 7.67. The van der Waals surface area contributed by atoms with Gasteiger partial charge in [0, 0.05) is 10.9 Å². The Morgan fingerprint density at radius 2 is 2.12 bits per heavy atom. The molecule has 4 nitrogen and oxygen atoms in total. The van der Waals surface area contributed by atoms with Gasteiger partial charge in [-0.1, -0.05) is 0 Å². The van der Waals surface area contributed by atoms with Crippen LogP contribution < -0.4 is 4.74 Å². The number of halogens is 1. The van der Waals surface area contributed by atoms with Crippen LogP contribution in [0.25, 0.3) is 10.9 Å². The van der Waals surface area contributed by atoms with Crippen LogP contribution in [0.5, 0.6) is 5.75 Å². The quantitative estimate of drug-likeness (QED) is 0.793. The molecular weight excluding hydrogens is 213 g/mol. The molecule has 0 saturated heterocycles. The van der Waals surface area contributed by atoms with Crippen molar-refractivity contribution in [3.05, 3.63) is 29.7 Å². The lowest BCUT2D eigenvalue weighted by molar-refractivity contribution is 0.0595. The molecule has 1 aromatic carbocycles. The van der Waals surface area contributed by atoms with Crippen LogP contribution in [0.4, 0.5) is 4.39 Å². The zero-order chi connectivity index (χ0) is 11.7. The van der Waals surface area contributed by atoms with Crippen molar-refractivity contribution in [2.24, 2.45) is 0 Å². The monoisotopic (exact) mass is 223 g/mol. The van der Waals surface area contributed by atoms with Gasteiger partial charge >= 0.3 is 5.97 Å². The number of aromatic amines is 1. The fourth-order valence-electron chi connectivity index (χ4n) is 1.53. The number of hydrogen-bond donors (Lipinski definition) is 1. The number of carbonyl (C=O) groups excluding carboxylic acids is 1. The Morgan fingerprint density at radius 1 is 1.38 bits per heavy atom. The van der Waals surface area contributed by atoms with Gasteiger partial charge in [-0.05, 0) is 18.2 Å². The molecule has 0 radical (unpaired) electrons. The number of hydrogen-bond acceptors (Lipinski definition) is 3. The van der Waals surface area contributed by atoms with E-state index in [0.717, 1.165) is 0 Å². The van der Waals surface area contributed by atoms with Gasteiger partial charge in [-0.2, -0.15) is 0 Å². The summed E-state index contributed by atoms with van der Waals surface area (Å²) in [7, 11) is 2.66. The van der Waals surface area contributed by atoms with E-state index >= 15 is 0 Å². The fourth-order valence-corrected chi connectivity index (χ4v) is 1.53. The third-order valence-electron chi connectivity index (χ3n) is 2.33. The average molecular weight is 223 g/mol. The van der Waals surface area contributed by atoms with E-state index in [-0.39, 0.29) is 11.4 Å². The van der Waals surface area contributed by atoms with E-state index < -0.39 is 11.8 Å². The normalized spacial score (nSPS) is 10.4. The molecule has 0 saturated carbocycles. The smallest absolute Gasteiger partial charge is 0.354 e. The van der Waals surface area contributed by atoms with Gasteiger partial charge in [0.2, 0.25) is 0 Å². The Labute approximate surface area is 91.0 Å². The largest absolute Gasteiger partial charge is 0.494 e. The van der Waals surface area contributed by atoms with Crippen LogP contribution in [0.2, 0.25) is 0 Å². The summed E-state index contributed by atoms with van der Waals surface area (Å²) in [6, 6.07) is 4.54. The minimum Gasteiger partial charge on any atom is -0.494 e. The number of esters is 1. The molecule has 16 heavy (non-hydrogen) atoms. The number of fused-ring (bicyclic) bond motifs is 1. The van der Waals surface area contributed by atoms with E-state index in [4.69, 9.17) is 4.74 Å². The molecule has 84 valence electrons. The first-order valence-electron chi connectivity index (χ1n) is 4.61. The van der Waals surface area contributed by atoms with Crippen LogP contribution in [0.1, 0.15) is 10.5 Å². The molecule has 2 rings (SSSR count). The molecule has 0 bridgehead atoms. The number of H-pyrrole nitrogens is 1. The lowest BCUT2D eigenvalue weighted by atomic mass is 10.2. The third kappa shape index (κ3) is 1.50. The Bertz CT molecular complexity index is 547. The van der Waals surface area contributed by atoms with Gasteiger partial charge in [-0.3, -0.25) is 0 Å². The molecule has 0 aliphatic heterocycles. The van der Waals surface area contributed by atoms with Crippen molar-refractivity contribution >= 4 is 16.9 Å². The van der Waals surface area contributed by atoms with Crippen LogP contribution in [-0.4, -0.2) is 25.2 Å². The molecule has 1 aromatic heterocycles. The van der Waals surface area contributed by atoms with Crippen LogP contribution in [-0.2, 0) is 4.74 Å². The summed E-state index contributed by atoms with van der Waals surface area (Å²) >= 11 is 0. The lowest BCUT2D eigenvalue weighted by Crippen LogP contribution is -2.00. The molecule has 0 amide bonds. The van der Waals surface area contributed by atoms with Crippen LogP contribution >= 0.6 is 0 Å². The first kappa shape index (κ1) is 10.5. The number of carbonyl (C=O) groups is 1. The molecule has 0 unspecified atom stereocenters. The Balaban J connectivity index is 2.62. The summed E-state index contributed by atoms with van der Waals surface area (Å²) in [5.41, 5.74) is 0.739. The Morgan fingerprint density at radius 3 is 2.75 bits per heavy atom. The van der Waals surface area contributed by atoms with Crippen molar-refractivity contribution in [2.45, 2.75) is 0 Å². The average Bonchev–Trinajstić information content (AvgIpc) is 2.73. The van der Waals surface area contributed by atoms with Crippen molar-refractivity contribution in [2.75, 3.05) is 14.2 Å². The minimum atomic E-state index is -0.533. The molecule has 0 spiro atoms. The van der Waals surface area contributed by atoms with Crippen molar-refractivity contribution in [1.29, 1.82) is 0 Å². The van der Waals surface area contributed by atoms with Crippen molar-refractivity contribution in [3.8, 4) is 5.75 Å². The zero-order valence-corrected chi connectivity index (χ0v) is 8.83. The van der Waals surface area contributed by atoms with Crippen LogP contribution in [0.3, 0.4) is 0 Å². The van der Waals surface area contributed by atoms with E-state index in [9.17, 15) is 9.18 Å². The highest BCUT2D eigenvalue weighted by Crippen LogP contribution is 2.26. The van der Waals surface area contributed by atoms with Crippen LogP contribution in [0.15, 0.2) is 18.2 Å². The van der Waals surface area contributed by atoms with Gasteiger partial charge in [0.15, 0.2) is 11.6 Å². The van der Waals surface area contributed by atoms with Crippen LogP contribution in [0, 0.1) is 5.82 Å². The summed E-state index contributed by atoms with van der Waals surface area (Å²) in [5.74, 6) is -0.885. The van der Waals surface area contributed by atoms with E-state index in [2.05, 4.69) is 9.72 Å². The highest BCUT2D eigenvalue weighted by molar-refractivity contribution is 5.95. The van der Waals surface area contributed by atoms with Gasteiger partial charge < -0.3 is 14.5 Å². The maximum Gasteiger partial charge on any atom is 0.354 e. The Kier molecular flexibility index (Phi) is 2.52. The summed E-state index contributed by atoms with van der Waals surface area (Å²) in [4.78, 5) is 14.0. The minimum absolute atomic E-state index is 0.142. The second-order valence-electron chi connectivity index (χ2n) is 3.22. The van der Waals surface area contributed by atoms with E-state index in [1.54, 1.807) is 6.07 Å². The SMILES string of the molecule is COC(=O)c1cc2c(F)c(OC)ccc2[nH]1. The predicted octanol–water partition coefficient (Wildman–Crippen LogP) is 2.10. The summed E-state index contributed by atoms with van der Waals surface area (Å²) < 4.78 is 23.1.